The summed E-state index contributed by atoms with van der Waals surface area (Å²) in [5.74, 6) is 0.695. The third-order valence-corrected chi connectivity index (χ3v) is 6.52. The second-order valence-corrected chi connectivity index (χ2v) is 8.48. The second kappa shape index (κ2) is 8.76. The van der Waals surface area contributed by atoms with Crippen molar-refractivity contribution in [3.8, 4) is 0 Å². The molecular weight excluding hydrogens is 390 g/mol. The highest BCUT2D eigenvalue weighted by Crippen LogP contribution is 2.30. The van der Waals surface area contributed by atoms with Gasteiger partial charge >= 0.3 is 0 Å². The van der Waals surface area contributed by atoms with Crippen molar-refractivity contribution in [3.63, 3.8) is 0 Å². The lowest BCUT2D eigenvalue weighted by Gasteiger charge is -2.36. The Kier molecular flexibility index (Phi) is 6.11. The van der Waals surface area contributed by atoms with Crippen LogP contribution in [0.5, 0.6) is 0 Å². The average molecular weight is 418 g/mol. The molecule has 2 aromatic rings. The van der Waals surface area contributed by atoms with Crippen molar-refractivity contribution in [2.75, 3.05) is 39.3 Å². The number of piperazine rings is 1. The summed E-state index contributed by atoms with van der Waals surface area (Å²) in [5.41, 5.74) is 1.36. The maximum absolute atomic E-state index is 12.6. The van der Waals surface area contributed by atoms with E-state index in [1.165, 1.54) is 12.8 Å². The van der Waals surface area contributed by atoms with Crippen LogP contribution in [-0.2, 0) is 4.79 Å². The molecule has 0 atom stereocenters. The van der Waals surface area contributed by atoms with Gasteiger partial charge in [0.15, 0.2) is 11.3 Å². The van der Waals surface area contributed by atoms with Crippen LogP contribution in [0.25, 0.3) is 11.0 Å². The molecule has 1 saturated carbocycles. The molecule has 2 amide bonds. The van der Waals surface area contributed by atoms with Gasteiger partial charge in [0.1, 0.15) is 0 Å². The molecular formula is C22H28ClN3O3. The molecule has 1 aliphatic carbocycles. The van der Waals surface area contributed by atoms with Crippen molar-refractivity contribution in [2.24, 2.45) is 5.92 Å². The fourth-order valence-electron chi connectivity index (χ4n) is 4.46. The summed E-state index contributed by atoms with van der Waals surface area (Å²) < 4.78 is 5.72. The van der Waals surface area contributed by atoms with E-state index < -0.39 is 0 Å². The van der Waals surface area contributed by atoms with E-state index in [2.05, 4.69) is 10.2 Å². The summed E-state index contributed by atoms with van der Waals surface area (Å²) in [5, 5.41) is 4.32. The Bertz CT molecular complexity index is 896. The molecule has 1 saturated heterocycles. The highest BCUT2D eigenvalue weighted by atomic mass is 35.5. The van der Waals surface area contributed by atoms with Gasteiger partial charge < -0.3 is 14.6 Å². The van der Waals surface area contributed by atoms with Crippen LogP contribution in [0.2, 0.25) is 5.02 Å². The molecule has 1 aliphatic heterocycles. The zero-order valence-corrected chi connectivity index (χ0v) is 17.6. The highest BCUT2D eigenvalue weighted by molar-refractivity contribution is 6.35. The van der Waals surface area contributed by atoms with Gasteiger partial charge in [-0.15, -0.1) is 0 Å². The molecule has 2 fully saturated rings. The van der Waals surface area contributed by atoms with Gasteiger partial charge in [0, 0.05) is 56.1 Å². The van der Waals surface area contributed by atoms with E-state index >= 15 is 0 Å². The lowest BCUT2D eigenvalue weighted by molar-refractivity contribution is -0.137. The van der Waals surface area contributed by atoms with E-state index in [1.54, 1.807) is 6.07 Å². The predicted octanol–water partition coefficient (Wildman–Crippen LogP) is 3.46. The van der Waals surface area contributed by atoms with Crippen molar-refractivity contribution in [1.82, 2.24) is 15.1 Å². The first kappa shape index (κ1) is 20.2. The minimum atomic E-state index is -0.218. The summed E-state index contributed by atoms with van der Waals surface area (Å²) >= 11 is 6.17. The van der Waals surface area contributed by atoms with E-state index in [4.69, 9.17) is 16.0 Å². The molecule has 0 unspecified atom stereocenters. The molecule has 7 heteroatoms. The van der Waals surface area contributed by atoms with Crippen molar-refractivity contribution >= 4 is 34.4 Å². The van der Waals surface area contributed by atoms with Crippen molar-refractivity contribution in [2.45, 2.75) is 32.6 Å². The van der Waals surface area contributed by atoms with Crippen LogP contribution < -0.4 is 5.32 Å². The highest BCUT2D eigenvalue weighted by Gasteiger charge is 2.29. The fourth-order valence-corrected chi connectivity index (χ4v) is 4.67. The van der Waals surface area contributed by atoms with E-state index in [1.807, 2.05) is 24.0 Å². The number of rotatable bonds is 5. The van der Waals surface area contributed by atoms with Crippen LogP contribution in [0.15, 0.2) is 22.6 Å². The van der Waals surface area contributed by atoms with E-state index in [0.29, 0.717) is 28.8 Å². The Hall–Kier alpha value is -2.05. The number of hydrogen-bond acceptors (Lipinski definition) is 4. The van der Waals surface area contributed by atoms with Gasteiger partial charge in [-0.25, -0.2) is 0 Å². The topological polar surface area (TPSA) is 65.8 Å². The fraction of sp³-hybridized carbons (Fsp3) is 0.545. The standard InChI is InChI=1S/C22H28ClN3O3/c1-15-17-7-4-8-18(23)20(17)29-19(15)21(27)24-9-10-25-11-13-26(14-12-25)22(28)16-5-2-3-6-16/h4,7-8,16H,2-3,5-6,9-14H2,1H3,(H,24,27). The van der Waals surface area contributed by atoms with Crippen molar-refractivity contribution in [3.05, 3.63) is 34.5 Å². The van der Waals surface area contributed by atoms with Crippen LogP contribution in [0.3, 0.4) is 0 Å². The molecule has 1 aromatic carbocycles. The maximum Gasteiger partial charge on any atom is 0.287 e. The first-order valence-electron chi connectivity index (χ1n) is 10.5. The normalized spacial score (nSPS) is 18.5. The number of carbonyl (C=O) groups is 2. The quantitative estimate of drug-likeness (QED) is 0.809. The molecule has 4 rings (SSSR count). The van der Waals surface area contributed by atoms with Gasteiger partial charge in [-0.05, 0) is 25.8 Å². The molecule has 2 heterocycles. The van der Waals surface area contributed by atoms with Crippen LogP contribution in [-0.4, -0.2) is 60.9 Å². The van der Waals surface area contributed by atoms with Crippen molar-refractivity contribution in [1.29, 1.82) is 0 Å². The number of fused-ring (bicyclic) bond motifs is 1. The lowest BCUT2D eigenvalue weighted by atomic mass is 10.1. The summed E-state index contributed by atoms with van der Waals surface area (Å²) in [6, 6.07) is 5.51. The molecule has 0 radical (unpaired) electrons. The van der Waals surface area contributed by atoms with Gasteiger partial charge in [0.05, 0.1) is 5.02 Å². The van der Waals surface area contributed by atoms with E-state index in [0.717, 1.165) is 56.5 Å². The predicted molar refractivity (Wildman–Crippen MR) is 113 cm³/mol. The number of para-hydroxylation sites is 1. The molecule has 29 heavy (non-hydrogen) atoms. The smallest absolute Gasteiger partial charge is 0.287 e. The van der Waals surface area contributed by atoms with Gasteiger partial charge in [0.2, 0.25) is 5.91 Å². The number of nitrogens with one attached hydrogen (secondary N) is 1. The Morgan fingerprint density at radius 2 is 1.90 bits per heavy atom. The van der Waals surface area contributed by atoms with Crippen LogP contribution >= 0.6 is 11.6 Å². The van der Waals surface area contributed by atoms with Gasteiger partial charge in [-0.3, -0.25) is 14.5 Å². The first-order valence-corrected chi connectivity index (χ1v) is 10.9. The number of furan rings is 1. The van der Waals surface area contributed by atoms with E-state index in [-0.39, 0.29) is 11.8 Å². The molecule has 1 aromatic heterocycles. The average Bonchev–Trinajstić information content (AvgIpc) is 3.37. The number of amides is 2. The number of halogens is 1. The summed E-state index contributed by atoms with van der Waals surface area (Å²) in [6.07, 6.45) is 4.48. The number of carbonyl (C=O) groups excluding carboxylic acids is 2. The van der Waals surface area contributed by atoms with E-state index in [9.17, 15) is 9.59 Å². The largest absolute Gasteiger partial charge is 0.449 e. The zero-order valence-electron chi connectivity index (χ0n) is 16.9. The summed E-state index contributed by atoms with van der Waals surface area (Å²) in [6.45, 7) is 6.45. The molecule has 1 N–H and O–H groups in total. The Labute approximate surface area is 176 Å². The lowest BCUT2D eigenvalue weighted by Crippen LogP contribution is -2.51. The Balaban J connectivity index is 1.25. The molecule has 0 spiro atoms. The minimum absolute atomic E-state index is 0.218. The Morgan fingerprint density at radius 3 is 2.59 bits per heavy atom. The Morgan fingerprint density at radius 1 is 1.17 bits per heavy atom. The van der Waals surface area contributed by atoms with Gasteiger partial charge in [-0.1, -0.05) is 36.6 Å². The van der Waals surface area contributed by atoms with Gasteiger partial charge in [-0.2, -0.15) is 0 Å². The number of benzene rings is 1. The van der Waals surface area contributed by atoms with Crippen molar-refractivity contribution < 1.29 is 14.0 Å². The number of hydrogen-bond donors (Lipinski definition) is 1. The molecule has 6 nitrogen and oxygen atoms in total. The first-order chi connectivity index (χ1) is 14.0. The van der Waals surface area contributed by atoms with Crippen LogP contribution in [0, 0.1) is 12.8 Å². The number of nitrogens with zero attached hydrogens (tertiary/aromatic N) is 2. The third kappa shape index (κ3) is 4.28. The van der Waals surface area contributed by atoms with Crippen LogP contribution in [0.4, 0.5) is 0 Å². The maximum atomic E-state index is 12.6. The summed E-state index contributed by atoms with van der Waals surface area (Å²) in [7, 11) is 0. The second-order valence-electron chi connectivity index (χ2n) is 8.08. The van der Waals surface area contributed by atoms with Crippen LogP contribution in [0.1, 0.15) is 41.8 Å². The third-order valence-electron chi connectivity index (χ3n) is 6.22. The monoisotopic (exact) mass is 417 g/mol. The number of aryl methyl sites for hydroxylation is 1. The minimum Gasteiger partial charge on any atom is -0.449 e. The SMILES string of the molecule is Cc1c(C(=O)NCCN2CCN(C(=O)C3CCCC3)CC2)oc2c(Cl)cccc12. The molecule has 0 bridgehead atoms. The molecule has 2 aliphatic rings. The van der Waals surface area contributed by atoms with Gasteiger partial charge in [0.25, 0.3) is 5.91 Å². The zero-order chi connectivity index (χ0) is 20.4. The summed E-state index contributed by atoms with van der Waals surface area (Å²) in [4.78, 5) is 29.4. The molecule has 156 valence electrons.